The van der Waals surface area contributed by atoms with Gasteiger partial charge >= 0.3 is 5.97 Å². The molecule has 0 heterocycles. The van der Waals surface area contributed by atoms with Gasteiger partial charge in [0.1, 0.15) is 0 Å². The van der Waals surface area contributed by atoms with E-state index in [-0.39, 0.29) is 11.8 Å². The molecule has 1 aliphatic rings. The van der Waals surface area contributed by atoms with Gasteiger partial charge in [-0.15, -0.1) is 0 Å². The summed E-state index contributed by atoms with van der Waals surface area (Å²) < 4.78 is 0. The number of amides is 1. The second-order valence-electron chi connectivity index (χ2n) is 6.65. The van der Waals surface area contributed by atoms with E-state index >= 15 is 0 Å². The third-order valence-corrected chi connectivity index (χ3v) is 5.32. The topological polar surface area (TPSA) is 66.4 Å². The molecule has 1 amide bonds. The zero-order chi connectivity index (χ0) is 15.7. The fourth-order valence-corrected chi connectivity index (χ4v) is 3.25. The zero-order valence-corrected chi connectivity index (χ0v) is 12.8. The lowest BCUT2D eigenvalue weighted by molar-refractivity contribution is -0.155. The van der Waals surface area contributed by atoms with Gasteiger partial charge in [0.25, 0.3) is 0 Å². The predicted molar refractivity (Wildman–Crippen MR) is 80.5 cm³/mol. The second kappa shape index (κ2) is 5.51. The van der Waals surface area contributed by atoms with Crippen molar-refractivity contribution in [1.82, 2.24) is 5.32 Å². The van der Waals surface area contributed by atoms with Crippen molar-refractivity contribution < 1.29 is 14.7 Å². The first-order chi connectivity index (χ1) is 9.79. The maximum Gasteiger partial charge on any atom is 0.309 e. The Kier molecular flexibility index (Phi) is 4.08. The van der Waals surface area contributed by atoms with Crippen LogP contribution < -0.4 is 5.32 Å². The minimum absolute atomic E-state index is 0.0474. The number of aliphatic carboxylic acids is 1. The lowest BCUT2D eigenvalue weighted by Crippen LogP contribution is -2.45. The lowest BCUT2D eigenvalue weighted by Gasteiger charge is -2.37. The second-order valence-corrected chi connectivity index (χ2v) is 6.65. The van der Waals surface area contributed by atoms with Crippen LogP contribution in [-0.2, 0) is 16.1 Å². The summed E-state index contributed by atoms with van der Waals surface area (Å²) in [4.78, 5) is 24.0. The van der Waals surface area contributed by atoms with Crippen molar-refractivity contribution in [3.8, 4) is 0 Å². The van der Waals surface area contributed by atoms with Gasteiger partial charge in [0.05, 0.1) is 5.41 Å². The first kappa shape index (κ1) is 15.5. The van der Waals surface area contributed by atoms with Gasteiger partial charge in [-0.25, -0.2) is 0 Å². The summed E-state index contributed by atoms with van der Waals surface area (Å²) in [5, 5.41) is 12.4. The lowest BCUT2D eigenvalue weighted by atomic mass is 9.65. The van der Waals surface area contributed by atoms with Crippen LogP contribution in [0, 0.1) is 16.7 Å². The molecular formula is C17H23NO3. The van der Waals surface area contributed by atoms with Crippen molar-refractivity contribution in [2.75, 3.05) is 0 Å². The van der Waals surface area contributed by atoms with Crippen molar-refractivity contribution >= 4 is 11.9 Å². The maximum atomic E-state index is 12.4. The summed E-state index contributed by atoms with van der Waals surface area (Å²) in [6.45, 7) is 6.01. The minimum Gasteiger partial charge on any atom is -0.481 e. The molecule has 1 fully saturated rings. The number of carboxylic acid groups (broad SMARTS) is 1. The molecule has 114 valence electrons. The van der Waals surface area contributed by atoms with Gasteiger partial charge < -0.3 is 10.4 Å². The molecule has 2 rings (SSSR count). The number of benzene rings is 1. The third kappa shape index (κ3) is 2.67. The van der Waals surface area contributed by atoms with Gasteiger partial charge in [0, 0.05) is 12.5 Å². The highest BCUT2D eigenvalue weighted by Crippen LogP contribution is 2.56. The Balaban J connectivity index is 2.05. The molecule has 0 aliphatic heterocycles. The standard InChI is InChI=1S/C17H23NO3/c1-16(2)13(9-10-17(16,3)15(20)21)14(19)18-11-12-7-5-4-6-8-12/h4-8,13H,9-11H2,1-3H3,(H,18,19)(H,20,21)/t13-,17-/m0/s1. The molecule has 2 N–H and O–H groups in total. The minimum atomic E-state index is -0.845. The maximum absolute atomic E-state index is 12.4. The molecule has 0 unspecified atom stereocenters. The summed E-state index contributed by atoms with van der Waals surface area (Å²) in [5.74, 6) is -1.12. The molecule has 1 aromatic rings. The summed E-state index contributed by atoms with van der Waals surface area (Å²) >= 11 is 0. The van der Waals surface area contributed by atoms with Crippen molar-refractivity contribution in [1.29, 1.82) is 0 Å². The third-order valence-electron chi connectivity index (χ3n) is 5.32. The van der Waals surface area contributed by atoms with Gasteiger partial charge in [-0.1, -0.05) is 44.2 Å². The van der Waals surface area contributed by atoms with E-state index in [4.69, 9.17) is 0 Å². The summed E-state index contributed by atoms with van der Waals surface area (Å²) in [5.41, 5.74) is -0.357. The smallest absolute Gasteiger partial charge is 0.309 e. The van der Waals surface area contributed by atoms with E-state index in [1.54, 1.807) is 6.92 Å². The van der Waals surface area contributed by atoms with Crippen LogP contribution in [0.15, 0.2) is 30.3 Å². The van der Waals surface area contributed by atoms with Crippen LogP contribution in [0.3, 0.4) is 0 Å². The quantitative estimate of drug-likeness (QED) is 0.895. The van der Waals surface area contributed by atoms with Crippen LogP contribution in [0.4, 0.5) is 0 Å². The summed E-state index contributed by atoms with van der Waals surface area (Å²) in [7, 11) is 0. The van der Waals surface area contributed by atoms with Gasteiger partial charge in [-0.3, -0.25) is 9.59 Å². The number of carbonyl (C=O) groups is 2. The largest absolute Gasteiger partial charge is 0.481 e. The van der Waals surface area contributed by atoms with Crippen molar-refractivity contribution in [2.24, 2.45) is 16.7 Å². The molecule has 0 radical (unpaired) electrons. The molecular weight excluding hydrogens is 266 g/mol. The average Bonchev–Trinajstić information content (AvgIpc) is 2.69. The Morgan fingerprint density at radius 1 is 1.24 bits per heavy atom. The van der Waals surface area contributed by atoms with E-state index in [1.165, 1.54) is 0 Å². The molecule has 0 saturated heterocycles. The van der Waals surface area contributed by atoms with Gasteiger partial charge in [0.2, 0.25) is 5.91 Å². The average molecular weight is 289 g/mol. The summed E-state index contributed by atoms with van der Waals surface area (Å²) in [6.07, 6.45) is 1.16. The normalized spacial score (nSPS) is 27.3. The molecule has 1 aliphatic carbocycles. The van der Waals surface area contributed by atoms with Crippen LogP contribution in [0.5, 0.6) is 0 Å². The number of carboxylic acids is 1. The molecule has 21 heavy (non-hydrogen) atoms. The van der Waals surface area contributed by atoms with Crippen molar-refractivity contribution in [3.63, 3.8) is 0 Å². The van der Waals surface area contributed by atoms with Gasteiger partial charge in [0.15, 0.2) is 0 Å². The molecule has 0 bridgehead atoms. The van der Waals surface area contributed by atoms with Gasteiger partial charge in [-0.2, -0.15) is 0 Å². The number of carbonyl (C=O) groups excluding carboxylic acids is 1. The van der Waals surface area contributed by atoms with E-state index in [9.17, 15) is 14.7 Å². The number of rotatable bonds is 4. The van der Waals surface area contributed by atoms with Crippen molar-refractivity contribution in [2.45, 2.75) is 40.2 Å². The van der Waals surface area contributed by atoms with Crippen LogP contribution in [0.2, 0.25) is 0 Å². The Morgan fingerprint density at radius 3 is 2.38 bits per heavy atom. The molecule has 0 spiro atoms. The summed E-state index contributed by atoms with van der Waals surface area (Å²) in [6, 6.07) is 9.72. The number of nitrogens with one attached hydrogen (secondary N) is 1. The predicted octanol–water partition coefficient (Wildman–Crippen LogP) is 2.83. The molecule has 0 aromatic heterocycles. The van der Waals surface area contributed by atoms with Gasteiger partial charge in [-0.05, 0) is 30.7 Å². The first-order valence-corrected chi connectivity index (χ1v) is 7.34. The van der Waals surface area contributed by atoms with Crippen LogP contribution in [0.25, 0.3) is 0 Å². The fourth-order valence-electron chi connectivity index (χ4n) is 3.25. The SMILES string of the molecule is CC1(C)[C@H](C(=O)NCc2ccccc2)CC[C@@]1(C)C(=O)O. The monoisotopic (exact) mass is 289 g/mol. The van der Waals surface area contributed by atoms with E-state index in [1.807, 2.05) is 44.2 Å². The highest BCUT2D eigenvalue weighted by Gasteiger charge is 2.58. The number of hydrogen-bond acceptors (Lipinski definition) is 2. The van der Waals surface area contributed by atoms with E-state index in [2.05, 4.69) is 5.32 Å². The van der Waals surface area contributed by atoms with Crippen LogP contribution in [-0.4, -0.2) is 17.0 Å². The zero-order valence-electron chi connectivity index (χ0n) is 12.8. The van der Waals surface area contributed by atoms with Crippen LogP contribution >= 0.6 is 0 Å². The Labute approximate surface area is 125 Å². The molecule has 1 saturated carbocycles. The van der Waals surface area contributed by atoms with E-state index < -0.39 is 16.8 Å². The molecule has 1 aromatic carbocycles. The van der Waals surface area contributed by atoms with Crippen LogP contribution in [0.1, 0.15) is 39.2 Å². The molecule has 4 nitrogen and oxygen atoms in total. The van der Waals surface area contributed by atoms with E-state index in [0.29, 0.717) is 19.4 Å². The van der Waals surface area contributed by atoms with Crippen molar-refractivity contribution in [3.05, 3.63) is 35.9 Å². The molecule has 2 atom stereocenters. The Bertz CT molecular complexity index is 538. The Hall–Kier alpha value is -1.84. The highest BCUT2D eigenvalue weighted by molar-refractivity contribution is 5.83. The van der Waals surface area contributed by atoms with E-state index in [0.717, 1.165) is 5.56 Å². The highest BCUT2D eigenvalue weighted by atomic mass is 16.4. The molecule has 4 heteroatoms. The number of hydrogen-bond donors (Lipinski definition) is 2. The Morgan fingerprint density at radius 2 is 1.86 bits per heavy atom. The first-order valence-electron chi connectivity index (χ1n) is 7.34. The fraction of sp³-hybridized carbons (Fsp3) is 0.529.